The van der Waals surface area contributed by atoms with Gasteiger partial charge in [0.2, 0.25) is 0 Å². The van der Waals surface area contributed by atoms with Gasteiger partial charge in [-0.1, -0.05) is 23.5 Å². The quantitative estimate of drug-likeness (QED) is 0.604. The fourth-order valence-corrected chi connectivity index (χ4v) is 5.81. The highest BCUT2D eigenvalue weighted by Gasteiger charge is 2.32. The molecule has 0 radical (unpaired) electrons. The van der Waals surface area contributed by atoms with E-state index in [-0.39, 0.29) is 0 Å². The van der Waals surface area contributed by atoms with E-state index in [0.29, 0.717) is 28.7 Å². The SMILES string of the molecule is N#Cc1ccc(-c2nc(N3CC[C@@H]4CNC[C@@H]4CC3)sc2-c2cnn(CC(F)(F)F)c2)cc1. The molecule has 2 aliphatic rings. The molecule has 6 nitrogen and oxygen atoms in total. The first kappa shape index (κ1) is 21.9. The third-order valence-electron chi connectivity index (χ3n) is 6.43. The number of anilines is 1. The first-order chi connectivity index (χ1) is 15.9. The van der Waals surface area contributed by atoms with Crippen molar-refractivity contribution in [3.63, 3.8) is 0 Å². The molecule has 10 heteroatoms. The Morgan fingerprint density at radius 3 is 2.42 bits per heavy atom. The molecular weight excluding hydrogens is 449 g/mol. The Bertz CT molecular complexity index is 1150. The standard InChI is InChI=1S/C23H23F3N6S/c24-23(25,26)14-32-13-19(12-29-32)21-20(16-3-1-15(9-27)2-4-16)30-22(33-21)31-7-5-17-10-28-11-18(17)6-8-31/h1-4,12-13,17-18,28H,5-8,10-11,14H2/t17-,18+. The molecule has 0 bridgehead atoms. The van der Waals surface area contributed by atoms with Crippen LogP contribution < -0.4 is 10.2 Å². The Kier molecular flexibility index (Phi) is 5.85. The maximum atomic E-state index is 12.8. The zero-order chi connectivity index (χ0) is 23.0. The summed E-state index contributed by atoms with van der Waals surface area (Å²) in [6.07, 6.45) is 0.757. The summed E-state index contributed by atoms with van der Waals surface area (Å²) in [4.78, 5) is 8.03. The van der Waals surface area contributed by atoms with Gasteiger partial charge in [0.25, 0.3) is 0 Å². The Morgan fingerprint density at radius 1 is 1.09 bits per heavy atom. The molecule has 0 unspecified atom stereocenters. The molecule has 0 spiro atoms. The number of nitrogens with zero attached hydrogens (tertiary/aromatic N) is 5. The minimum Gasteiger partial charge on any atom is -0.348 e. The predicted octanol–water partition coefficient (Wildman–Crippen LogP) is 4.54. The van der Waals surface area contributed by atoms with Crippen LogP contribution in [0.1, 0.15) is 18.4 Å². The lowest BCUT2D eigenvalue weighted by atomic mass is 9.92. The number of hydrogen-bond donors (Lipinski definition) is 1. The average Bonchev–Trinajstić information content (AvgIpc) is 3.51. The van der Waals surface area contributed by atoms with E-state index in [1.807, 2.05) is 12.1 Å². The molecule has 0 aliphatic carbocycles. The van der Waals surface area contributed by atoms with Crippen LogP contribution >= 0.6 is 11.3 Å². The number of benzene rings is 1. The number of rotatable bonds is 4. The van der Waals surface area contributed by atoms with E-state index in [1.54, 1.807) is 12.1 Å². The normalized spacial score (nSPS) is 21.0. The third kappa shape index (κ3) is 4.75. The highest BCUT2D eigenvalue weighted by molar-refractivity contribution is 7.19. The van der Waals surface area contributed by atoms with Crippen molar-refractivity contribution in [2.24, 2.45) is 11.8 Å². The van der Waals surface area contributed by atoms with E-state index in [4.69, 9.17) is 10.2 Å². The number of hydrogen-bond acceptors (Lipinski definition) is 6. The maximum absolute atomic E-state index is 12.8. The molecule has 1 aromatic carbocycles. The number of nitrogens with one attached hydrogen (secondary N) is 1. The minimum atomic E-state index is -4.34. The predicted molar refractivity (Wildman–Crippen MR) is 121 cm³/mol. The molecular formula is C23H23F3N6S. The van der Waals surface area contributed by atoms with Gasteiger partial charge in [-0.2, -0.15) is 23.5 Å². The smallest absolute Gasteiger partial charge is 0.348 e. The Morgan fingerprint density at radius 2 is 1.79 bits per heavy atom. The molecule has 2 aromatic heterocycles. The lowest BCUT2D eigenvalue weighted by Crippen LogP contribution is -2.25. The van der Waals surface area contributed by atoms with Crippen LogP contribution in [-0.4, -0.2) is 47.1 Å². The first-order valence-electron chi connectivity index (χ1n) is 11.0. The molecule has 2 fully saturated rings. The van der Waals surface area contributed by atoms with Crippen LogP contribution in [0.3, 0.4) is 0 Å². The Balaban J connectivity index is 1.50. The molecule has 0 amide bonds. The number of aromatic nitrogens is 3. The van der Waals surface area contributed by atoms with E-state index in [1.165, 1.54) is 23.7 Å². The summed E-state index contributed by atoms with van der Waals surface area (Å²) < 4.78 is 39.4. The molecule has 1 N–H and O–H groups in total. The van der Waals surface area contributed by atoms with Gasteiger partial charge in [0, 0.05) is 30.4 Å². The van der Waals surface area contributed by atoms with Crippen LogP contribution in [0.4, 0.5) is 18.3 Å². The molecule has 2 saturated heterocycles. The van der Waals surface area contributed by atoms with E-state index in [9.17, 15) is 13.2 Å². The second kappa shape index (κ2) is 8.80. The van der Waals surface area contributed by atoms with Gasteiger partial charge in [0.15, 0.2) is 5.13 Å². The maximum Gasteiger partial charge on any atom is 0.408 e. The summed E-state index contributed by atoms with van der Waals surface area (Å²) in [6.45, 7) is 2.83. The first-order valence-corrected chi connectivity index (χ1v) is 11.8. The third-order valence-corrected chi connectivity index (χ3v) is 7.60. The van der Waals surface area contributed by atoms with Crippen molar-refractivity contribution in [1.82, 2.24) is 20.1 Å². The van der Waals surface area contributed by atoms with Crippen LogP contribution in [0, 0.1) is 23.2 Å². The molecule has 172 valence electrons. The van der Waals surface area contributed by atoms with Crippen molar-refractivity contribution in [3.8, 4) is 27.8 Å². The summed E-state index contributed by atoms with van der Waals surface area (Å²) in [5.74, 6) is 1.38. The zero-order valence-corrected chi connectivity index (χ0v) is 18.7. The largest absolute Gasteiger partial charge is 0.408 e. The number of halogens is 3. The van der Waals surface area contributed by atoms with Gasteiger partial charge in [0.05, 0.1) is 28.4 Å². The number of thiazole rings is 1. The summed E-state index contributed by atoms with van der Waals surface area (Å²) in [6, 6.07) is 9.23. The topological polar surface area (TPSA) is 69.8 Å². The summed E-state index contributed by atoms with van der Waals surface area (Å²) >= 11 is 1.49. The molecule has 5 rings (SSSR count). The summed E-state index contributed by atoms with van der Waals surface area (Å²) in [7, 11) is 0. The fraction of sp³-hybridized carbons (Fsp3) is 0.435. The van der Waals surface area contributed by atoms with Gasteiger partial charge in [-0.15, -0.1) is 0 Å². The van der Waals surface area contributed by atoms with Crippen molar-refractivity contribution in [2.75, 3.05) is 31.1 Å². The number of alkyl halides is 3. The van der Waals surface area contributed by atoms with Gasteiger partial charge in [-0.25, -0.2) is 4.98 Å². The van der Waals surface area contributed by atoms with E-state index >= 15 is 0 Å². The number of nitriles is 1. The highest BCUT2D eigenvalue weighted by Crippen LogP contribution is 2.41. The van der Waals surface area contributed by atoms with E-state index < -0.39 is 12.7 Å². The van der Waals surface area contributed by atoms with Crippen LogP contribution in [-0.2, 0) is 6.54 Å². The summed E-state index contributed by atoms with van der Waals surface area (Å²) in [5.41, 5.74) is 2.68. The second-order valence-corrected chi connectivity index (χ2v) is 9.63. The second-order valence-electron chi connectivity index (χ2n) is 8.65. The van der Waals surface area contributed by atoms with E-state index in [0.717, 1.165) is 59.3 Å². The van der Waals surface area contributed by atoms with Crippen molar-refractivity contribution in [2.45, 2.75) is 25.6 Å². The summed E-state index contributed by atoms with van der Waals surface area (Å²) in [5, 5.41) is 17.4. The molecule has 2 atom stereocenters. The molecule has 4 heterocycles. The van der Waals surface area contributed by atoms with Crippen molar-refractivity contribution < 1.29 is 13.2 Å². The lowest BCUT2D eigenvalue weighted by Gasteiger charge is -2.19. The van der Waals surface area contributed by atoms with Gasteiger partial charge in [0.1, 0.15) is 6.54 Å². The molecule has 33 heavy (non-hydrogen) atoms. The highest BCUT2D eigenvalue weighted by atomic mass is 32.1. The Labute approximate surface area is 193 Å². The molecule has 0 saturated carbocycles. The lowest BCUT2D eigenvalue weighted by molar-refractivity contribution is -0.142. The van der Waals surface area contributed by atoms with E-state index in [2.05, 4.69) is 21.4 Å². The van der Waals surface area contributed by atoms with Gasteiger partial charge in [-0.05, 0) is 49.9 Å². The van der Waals surface area contributed by atoms with Crippen molar-refractivity contribution >= 4 is 16.5 Å². The van der Waals surface area contributed by atoms with Crippen LogP contribution in [0.15, 0.2) is 36.7 Å². The van der Waals surface area contributed by atoms with Gasteiger partial charge in [-0.3, -0.25) is 4.68 Å². The van der Waals surface area contributed by atoms with Gasteiger partial charge < -0.3 is 10.2 Å². The van der Waals surface area contributed by atoms with Crippen molar-refractivity contribution in [3.05, 3.63) is 42.2 Å². The molecule has 2 aliphatic heterocycles. The van der Waals surface area contributed by atoms with Crippen LogP contribution in [0.25, 0.3) is 21.7 Å². The minimum absolute atomic E-state index is 0.543. The monoisotopic (exact) mass is 472 g/mol. The van der Waals surface area contributed by atoms with Crippen LogP contribution in [0.5, 0.6) is 0 Å². The fourth-order valence-electron chi connectivity index (χ4n) is 4.70. The number of fused-ring (bicyclic) bond motifs is 1. The molecule has 3 aromatic rings. The Hall–Kier alpha value is -2.90. The van der Waals surface area contributed by atoms with Crippen LogP contribution in [0.2, 0.25) is 0 Å². The zero-order valence-electron chi connectivity index (χ0n) is 17.8. The van der Waals surface area contributed by atoms with Gasteiger partial charge >= 0.3 is 6.18 Å². The average molecular weight is 473 g/mol. The van der Waals surface area contributed by atoms with Crippen molar-refractivity contribution in [1.29, 1.82) is 5.26 Å².